The Morgan fingerprint density at radius 1 is 1.60 bits per heavy atom. The van der Waals surface area contributed by atoms with Crippen molar-refractivity contribution in [1.82, 2.24) is 9.55 Å². The van der Waals surface area contributed by atoms with Crippen molar-refractivity contribution in [3.8, 4) is 0 Å². The Morgan fingerprint density at radius 3 is 3.13 bits per heavy atom. The Morgan fingerprint density at radius 2 is 2.47 bits per heavy atom. The first kappa shape index (κ1) is 10.4. The number of aromatic nitrogens is 2. The van der Waals surface area contributed by atoms with Gasteiger partial charge in [0.1, 0.15) is 11.9 Å². The minimum absolute atomic E-state index is 0.460. The maximum atomic E-state index is 9.75. The van der Waals surface area contributed by atoms with Crippen LogP contribution in [0.15, 0.2) is 29.2 Å². The third kappa shape index (κ3) is 2.27. The first-order valence-electron chi connectivity index (χ1n) is 5.01. The van der Waals surface area contributed by atoms with Crippen molar-refractivity contribution in [2.24, 2.45) is 0 Å². The zero-order valence-corrected chi connectivity index (χ0v) is 9.44. The maximum absolute atomic E-state index is 9.75. The molecule has 2 heterocycles. The average Bonchev–Trinajstić information content (AvgIpc) is 2.88. The van der Waals surface area contributed by atoms with Crippen LogP contribution in [0.2, 0.25) is 0 Å². The first-order valence-corrected chi connectivity index (χ1v) is 5.95. The standard InChI is InChI=1S/C11H14N2OS/c1-2-10(14)11-12-4-5-13(11)7-9-3-6-15-8-9/h3-6,8,10,14H,2,7H2,1H3/t10-/m0/s1. The molecule has 80 valence electrons. The molecule has 0 fully saturated rings. The SMILES string of the molecule is CC[C@H](O)c1nccn1Cc1ccsc1. The number of thiophene rings is 1. The van der Waals surface area contributed by atoms with Crippen LogP contribution in [-0.4, -0.2) is 14.7 Å². The zero-order valence-electron chi connectivity index (χ0n) is 8.63. The average molecular weight is 222 g/mol. The van der Waals surface area contributed by atoms with Gasteiger partial charge in [-0.2, -0.15) is 11.3 Å². The quantitative estimate of drug-likeness (QED) is 0.862. The highest BCUT2D eigenvalue weighted by atomic mass is 32.1. The van der Waals surface area contributed by atoms with Gasteiger partial charge < -0.3 is 9.67 Å². The van der Waals surface area contributed by atoms with Crippen molar-refractivity contribution >= 4 is 11.3 Å². The number of hydrogen-bond acceptors (Lipinski definition) is 3. The second-order valence-electron chi connectivity index (χ2n) is 3.47. The van der Waals surface area contributed by atoms with Crippen molar-refractivity contribution < 1.29 is 5.11 Å². The molecule has 0 aromatic carbocycles. The molecule has 2 aromatic rings. The largest absolute Gasteiger partial charge is 0.385 e. The lowest BCUT2D eigenvalue weighted by atomic mass is 10.2. The van der Waals surface area contributed by atoms with Crippen LogP contribution in [0.3, 0.4) is 0 Å². The molecule has 0 radical (unpaired) electrons. The Balaban J connectivity index is 2.18. The van der Waals surface area contributed by atoms with Crippen molar-refractivity contribution in [2.75, 3.05) is 0 Å². The number of aliphatic hydroxyl groups excluding tert-OH is 1. The van der Waals surface area contributed by atoms with Crippen LogP contribution in [-0.2, 0) is 6.54 Å². The summed E-state index contributed by atoms with van der Waals surface area (Å²) >= 11 is 1.69. The summed E-state index contributed by atoms with van der Waals surface area (Å²) < 4.78 is 2.00. The van der Waals surface area contributed by atoms with E-state index in [-0.39, 0.29) is 0 Å². The van der Waals surface area contributed by atoms with E-state index in [1.807, 2.05) is 17.7 Å². The Bertz CT molecular complexity index is 408. The van der Waals surface area contributed by atoms with E-state index in [2.05, 4.69) is 21.8 Å². The number of hydrogen-bond donors (Lipinski definition) is 1. The Kier molecular flexibility index (Phi) is 3.18. The van der Waals surface area contributed by atoms with Crippen molar-refractivity contribution in [1.29, 1.82) is 0 Å². The first-order chi connectivity index (χ1) is 7.31. The van der Waals surface area contributed by atoms with E-state index in [9.17, 15) is 5.11 Å². The van der Waals surface area contributed by atoms with Gasteiger partial charge in [0.15, 0.2) is 0 Å². The number of imidazole rings is 1. The highest BCUT2D eigenvalue weighted by molar-refractivity contribution is 7.07. The summed E-state index contributed by atoms with van der Waals surface area (Å²) in [7, 11) is 0. The molecule has 0 saturated heterocycles. The van der Waals surface area contributed by atoms with Gasteiger partial charge >= 0.3 is 0 Å². The third-order valence-corrected chi connectivity index (χ3v) is 3.10. The highest BCUT2D eigenvalue weighted by Gasteiger charge is 2.11. The number of rotatable bonds is 4. The highest BCUT2D eigenvalue weighted by Crippen LogP contribution is 2.16. The summed E-state index contributed by atoms with van der Waals surface area (Å²) in [4.78, 5) is 4.18. The fourth-order valence-corrected chi connectivity index (χ4v) is 2.17. The van der Waals surface area contributed by atoms with Crippen LogP contribution < -0.4 is 0 Å². The van der Waals surface area contributed by atoms with Crippen LogP contribution in [0.25, 0.3) is 0 Å². The molecule has 2 rings (SSSR count). The van der Waals surface area contributed by atoms with Crippen molar-refractivity contribution in [3.63, 3.8) is 0 Å². The van der Waals surface area contributed by atoms with Gasteiger partial charge in [0.2, 0.25) is 0 Å². The van der Waals surface area contributed by atoms with Gasteiger partial charge in [0, 0.05) is 18.9 Å². The van der Waals surface area contributed by atoms with Crippen LogP contribution in [0.4, 0.5) is 0 Å². The van der Waals surface area contributed by atoms with Gasteiger partial charge in [0.05, 0.1) is 0 Å². The van der Waals surface area contributed by atoms with Gasteiger partial charge in [-0.05, 0) is 28.8 Å². The lowest BCUT2D eigenvalue weighted by molar-refractivity contribution is 0.159. The van der Waals surface area contributed by atoms with Gasteiger partial charge in [-0.15, -0.1) is 0 Å². The molecule has 0 bridgehead atoms. The topological polar surface area (TPSA) is 38.1 Å². The summed E-state index contributed by atoms with van der Waals surface area (Å²) in [5, 5.41) is 13.9. The lowest BCUT2D eigenvalue weighted by Crippen LogP contribution is -2.08. The molecule has 1 atom stereocenters. The van der Waals surface area contributed by atoms with E-state index in [0.717, 1.165) is 12.4 Å². The van der Waals surface area contributed by atoms with Gasteiger partial charge in [-0.1, -0.05) is 6.92 Å². The maximum Gasteiger partial charge on any atom is 0.137 e. The molecule has 2 aromatic heterocycles. The molecule has 3 nitrogen and oxygen atoms in total. The summed E-state index contributed by atoms with van der Waals surface area (Å²) in [5.74, 6) is 0.753. The summed E-state index contributed by atoms with van der Waals surface area (Å²) in [5.41, 5.74) is 1.25. The summed E-state index contributed by atoms with van der Waals surface area (Å²) in [6.45, 7) is 2.74. The normalized spacial score (nSPS) is 12.9. The molecule has 1 N–H and O–H groups in total. The molecule has 0 unspecified atom stereocenters. The minimum atomic E-state index is -0.460. The third-order valence-electron chi connectivity index (χ3n) is 2.37. The molecule has 0 saturated carbocycles. The smallest absolute Gasteiger partial charge is 0.137 e. The molecule has 15 heavy (non-hydrogen) atoms. The van der Waals surface area contributed by atoms with E-state index in [1.54, 1.807) is 17.5 Å². The summed E-state index contributed by atoms with van der Waals surface area (Å²) in [6.07, 6.45) is 3.88. The van der Waals surface area contributed by atoms with E-state index in [0.29, 0.717) is 6.42 Å². The zero-order chi connectivity index (χ0) is 10.7. The fraction of sp³-hybridized carbons (Fsp3) is 0.364. The fourth-order valence-electron chi connectivity index (χ4n) is 1.51. The Hall–Kier alpha value is -1.13. The molecular weight excluding hydrogens is 208 g/mol. The molecule has 0 aliphatic carbocycles. The van der Waals surface area contributed by atoms with E-state index in [4.69, 9.17) is 0 Å². The molecule has 4 heteroatoms. The molecular formula is C11H14N2OS. The van der Waals surface area contributed by atoms with Crippen LogP contribution >= 0.6 is 11.3 Å². The van der Waals surface area contributed by atoms with E-state index in [1.165, 1.54) is 5.56 Å². The van der Waals surface area contributed by atoms with Crippen LogP contribution in [0.5, 0.6) is 0 Å². The van der Waals surface area contributed by atoms with Gasteiger partial charge in [0.25, 0.3) is 0 Å². The molecule has 0 amide bonds. The predicted molar refractivity (Wildman–Crippen MR) is 60.9 cm³/mol. The van der Waals surface area contributed by atoms with Crippen molar-refractivity contribution in [2.45, 2.75) is 26.0 Å². The second-order valence-corrected chi connectivity index (χ2v) is 4.25. The molecule has 0 aliphatic rings. The van der Waals surface area contributed by atoms with Crippen LogP contribution in [0, 0.1) is 0 Å². The minimum Gasteiger partial charge on any atom is -0.385 e. The van der Waals surface area contributed by atoms with Gasteiger partial charge in [-0.25, -0.2) is 4.98 Å². The number of aliphatic hydroxyl groups is 1. The van der Waals surface area contributed by atoms with E-state index >= 15 is 0 Å². The van der Waals surface area contributed by atoms with Crippen LogP contribution in [0.1, 0.15) is 30.8 Å². The van der Waals surface area contributed by atoms with E-state index < -0.39 is 6.10 Å². The lowest BCUT2D eigenvalue weighted by Gasteiger charge is -2.10. The molecule has 0 spiro atoms. The monoisotopic (exact) mass is 222 g/mol. The number of nitrogens with zero attached hydrogens (tertiary/aromatic N) is 2. The summed E-state index contributed by atoms with van der Waals surface area (Å²) in [6, 6.07) is 2.09. The Labute approximate surface area is 93.0 Å². The molecule has 0 aliphatic heterocycles. The second kappa shape index (κ2) is 4.59. The van der Waals surface area contributed by atoms with Crippen molar-refractivity contribution in [3.05, 3.63) is 40.6 Å². The predicted octanol–water partition coefficient (Wildman–Crippen LogP) is 2.44. The van der Waals surface area contributed by atoms with Gasteiger partial charge in [-0.3, -0.25) is 0 Å².